The van der Waals surface area contributed by atoms with Crippen LogP contribution in [0.15, 0.2) is 30.5 Å². The Labute approximate surface area is 113 Å². The van der Waals surface area contributed by atoms with E-state index in [0.29, 0.717) is 16.6 Å². The lowest BCUT2D eigenvalue weighted by Gasteiger charge is -2.13. The largest absolute Gasteiger partial charge is 0.310 e. The number of fused-ring (bicyclic) bond motifs is 1. The summed E-state index contributed by atoms with van der Waals surface area (Å²) in [7, 11) is 0. The van der Waals surface area contributed by atoms with Crippen molar-refractivity contribution in [2.75, 3.05) is 11.1 Å². The first-order valence-corrected chi connectivity index (χ1v) is 6.87. The molecular formula is C12H10ClN3OS. The van der Waals surface area contributed by atoms with Gasteiger partial charge in [0.25, 0.3) is 0 Å². The number of aromatic amines is 1. The number of hydrogen-bond donors (Lipinski definition) is 2. The van der Waals surface area contributed by atoms with Crippen molar-refractivity contribution in [2.45, 2.75) is 5.25 Å². The van der Waals surface area contributed by atoms with Crippen LogP contribution in [0.25, 0.3) is 0 Å². The van der Waals surface area contributed by atoms with Crippen molar-refractivity contribution < 1.29 is 4.79 Å². The van der Waals surface area contributed by atoms with Crippen molar-refractivity contribution in [1.82, 2.24) is 10.2 Å². The summed E-state index contributed by atoms with van der Waals surface area (Å²) in [4.78, 5) is 11.6. The zero-order chi connectivity index (χ0) is 12.5. The average molecular weight is 280 g/mol. The highest BCUT2D eigenvalue weighted by molar-refractivity contribution is 8.00. The van der Waals surface area contributed by atoms with Gasteiger partial charge in [-0.2, -0.15) is 5.10 Å². The minimum Gasteiger partial charge on any atom is -0.310 e. The van der Waals surface area contributed by atoms with Crippen molar-refractivity contribution in [1.29, 1.82) is 0 Å². The number of thioether (sulfide) groups is 1. The molecule has 0 fully saturated rings. The van der Waals surface area contributed by atoms with E-state index in [1.54, 1.807) is 18.0 Å². The van der Waals surface area contributed by atoms with Crippen LogP contribution in [0.3, 0.4) is 0 Å². The van der Waals surface area contributed by atoms with E-state index >= 15 is 0 Å². The fourth-order valence-corrected chi connectivity index (χ4v) is 3.16. The van der Waals surface area contributed by atoms with Gasteiger partial charge < -0.3 is 5.32 Å². The number of benzene rings is 1. The molecule has 1 amide bonds. The second kappa shape index (κ2) is 4.66. The lowest BCUT2D eigenvalue weighted by molar-refractivity contribution is -0.113. The van der Waals surface area contributed by atoms with Crippen molar-refractivity contribution in [2.24, 2.45) is 0 Å². The third-order valence-corrected chi connectivity index (χ3v) is 4.31. The summed E-state index contributed by atoms with van der Waals surface area (Å²) in [6.07, 6.45) is 1.76. The summed E-state index contributed by atoms with van der Waals surface area (Å²) in [5.41, 5.74) is 2.11. The van der Waals surface area contributed by atoms with Crippen LogP contribution in [0, 0.1) is 0 Å². The number of carbonyl (C=O) groups excluding carboxylic acids is 1. The topological polar surface area (TPSA) is 57.8 Å². The molecule has 0 spiro atoms. The minimum atomic E-state index is -0.0121. The van der Waals surface area contributed by atoms with Crippen molar-refractivity contribution in [3.63, 3.8) is 0 Å². The molecule has 0 radical (unpaired) electrons. The maximum atomic E-state index is 11.6. The Morgan fingerprint density at radius 3 is 2.89 bits per heavy atom. The second-order valence-electron chi connectivity index (χ2n) is 3.99. The molecule has 1 aliphatic rings. The summed E-state index contributed by atoms with van der Waals surface area (Å²) >= 11 is 7.48. The van der Waals surface area contributed by atoms with Crippen LogP contribution in [-0.4, -0.2) is 21.9 Å². The van der Waals surface area contributed by atoms with Gasteiger partial charge in [-0.1, -0.05) is 23.7 Å². The maximum Gasteiger partial charge on any atom is 0.235 e. The van der Waals surface area contributed by atoms with Crippen LogP contribution < -0.4 is 5.32 Å². The number of aromatic nitrogens is 2. The van der Waals surface area contributed by atoms with Gasteiger partial charge in [-0.3, -0.25) is 9.89 Å². The van der Waals surface area contributed by atoms with Gasteiger partial charge in [0.2, 0.25) is 5.91 Å². The Kier molecular flexibility index (Phi) is 3.01. The number of halogens is 1. The zero-order valence-electron chi connectivity index (χ0n) is 9.31. The molecule has 4 nitrogen and oxygen atoms in total. The number of anilines is 1. The lowest BCUT2D eigenvalue weighted by Crippen LogP contribution is -2.12. The molecule has 92 valence electrons. The molecule has 1 aromatic heterocycles. The summed E-state index contributed by atoms with van der Waals surface area (Å²) < 4.78 is 0. The highest BCUT2D eigenvalue weighted by atomic mass is 35.5. The van der Waals surface area contributed by atoms with Crippen LogP contribution in [0.5, 0.6) is 0 Å². The summed E-state index contributed by atoms with van der Waals surface area (Å²) in [5.74, 6) is 1.10. The highest BCUT2D eigenvalue weighted by Gasteiger charge is 2.25. The van der Waals surface area contributed by atoms with Gasteiger partial charge in [-0.25, -0.2) is 0 Å². The van der Waals surface area contributed by atoms with Gasteiger partial charge in [-0.15, -0.1) is 11.8 Å². The number of rotatable bonds is 1. The van der Waals surface area contributed by atoms with Crippen molar-refractivity contribution >= 4 is 35.1 Å². The normalized spacial score (nSPS) is 18.9. The summed E-state index contributed by atoms with van der Waals surface area (Å²) in [6, 6.07) is 7.67. The Balaban J connectivity index is 2.02. The molecule has 2 N–H and O–H groups in total. The standard InChI is InChI=1S/C12H10ClN3OS/c13-8-3-1-7(2-4-8)11-9-5-14-16-12(9)15-10(17)6-18-11/h1-5,11H,6H2,(H2,14,15,16,17)/t11-/m0/s1. The Morgan fingerprint density at radius 1 is 1.33 bits per heavy atom. The number of nitrogens with one attached hydrogen (secondary N) is 2. The van der Waals surface area contributed by atoms with E-state index in [9.17, 15) is 4.79 Å². The Hall–Kier alpha value is -1.46. The SMILES string of the molecule is O=C1CS[C@@H](c2ccc(Cl)cc2)c2cn[nH]c2N1. The number of H-pyrrole nitrogens is 1. The molecule has 18 heavy (non-hydrogen) atoms. The van der Waals surface area contributed by atoms with Crippen LogP contribution in [0.1, 0.15) is 16.4 Å². The van der Waals surface area contributed by atoms with E-state index in [0.717, 1.165) is 11.1 Å². The van der Waals surface area contributed by atoms with E-state index in [1.807, 2.05) is 24.3 Å². The van der Waals surface area contributed by atoms with Gasteiger partial charge in [-0.05, 0) is 17.7 Å². The molecule has 0 bridgehead atoms. The number of hydrogen-bond acceptors (Lipinski definition) is 3. The van der Waals surface area contributed by atoms with E-state index in [4.69, 9.17) is 11.6 Å². The van der Waals surface area contributed by atoms with Crippen molar-refractivity contribution in [3.05, 3.63) is 46.6 Å². The molecule has 2 aromatic rings. The van der Waals surface area contributed by atoms with Gasteiger partial charge in [0.1, 0.15) is 5.82 Å². The second-order valence-corrected chi connectivity index (χ2v) is 5.52. The van der Waals surface area contributed by atoms with E-state index in [1.165, 1.54) is 0 Å². The molecule has 1 atom stereocenters. The van der Waals surface area contributed by atoms with Crippen LogP contribution in [-0.2, 0) is 4.79 Å². The first-order chi connectivity index (χ1) is 8.74. The smallest absolute Gasteiger partial charge is 0.235 e. The number of amides is 1. The van der Waals surface area contributed by atoms with Gasteiger partial charge in [0, 0.05) is 10.6 Å². The maximum absolute atomic E-state index is 11.6. The van der Waals surface area contributed by atoms with Crippen LogP contribution in [0.4, 0.5) is 5.82 Å². The first-order valence-electron chi connectivity index (χ1n) is 5.44. The molecule has 0 aliphatic carbocycles. The third-order valence-electron chi connectivity index (χ3n) is 2.77. The van der Waals surface area contributed by atoms with E-state index < -0.39 is 0 Å². The monoisotopic (exact) mass is 279 g/mol. The third kappa shape index (κ3) is 2.11. The van der Waals surface area contributed by atoms with Gasteiger partial charge in [0.15, 0.2) is 0 Å². The van der Waals surface area contributed by atoms with Crippen molar-refractivity contribution in [3.8, 4) is 0 Å². The quantitative estimate of drug-likeness (QED) is 0.844. The molecule has 0 saturated carbocycles. The molecule has 1 aromatic carbocycles. The van der Waals surface area contributed by atoms with E-state index in [2.05, 4.69) is 15.5 Å². The fraction of sp³-hybridized carbons (Fsp3) is 0.167. The predicted octanol–water partition coefficient (Wildman–Crippen LogP) is 2.84. The molecule has 2 heterocycles. The number of carbonyl (C=O) groups is 1. The molecule has 6 heteroatoms. The zero-order valence-corrected chi connectivity index (χ0v) is 10.9. The highest BCUT2D eigenvalue weighted by Crippen LogP contribution is 2.40. The molecule has 0 saturated heterocycles. The predicted molar refractivity (Wildman–Crippen MR) is 73.0 cm³/mol. The molecule has 0 unspecified atom stereocenters. The Bertz CT molecular complexity index is 581. The minimum absolute atomic E-state index is 0.0121. The average Bonchev–Trinajstić information content (AvgIpc) is 2.74. The van der Waals surface area contributed by atoms with Gasteiger partial charge in [0.05, 0.1) is 17.2 Å². The Morgan fingerprint density at radius 2 is 2.11 bits per heavy atom. The summed E-state index contributed by atoms with van der Waals surface area (Å²) in [6.45, 7) is 0. The lowest BCUT2D eigenvalue weighted by atomic mass is 10.1. The van der Waals surface area contributed by atoms with E-state index in [-0.39, 0.29) is 11.2 Å². The molecular weight excluding hydrogens is 270 g/mol. The fourth-order valence-electron chi connectivity index (χ4n) is 1.93. The first kappa shape index (κ1) is 11.6. The summed E-state index contributed by atoms with van der Waals surface area (Å²) in [5, 5.41) is 10.4. The molecule has 3 rings (SSSR count). The molecule has 1 aliphatic heterocycles. The van der Waals surface area contributed by atoms with Crippen LogP contribution >= 0.6 is 23.4 Å². The van der Waals surface area contributed by atoms with Gasteiger partial charge >= 0.3 is 0 Å². The number of nitrogens with zero attached hydrogens (tertiary/aromatic N) is 1. The van der Waals surface area contributed by atoms with Crippen LogP contribution in [0.2, 0.25) is 5.02 Å².